The molecule has 0 fully saturated rings. The van der Waals surface area contributed by atoms with Crippen molar-refractivity contribution in [3.05, 3.63) is 93.1 Å². The van der Waals surface area contributed by atoms with Crippen LogP contribution in [0.1, 0.15) is 140 Å². The third-order valence-electron chi connectivity index (χ3n) is 7.39. The van der Waals surface area contributed by atoms with E-state index in [0.717, 1.165) is 22.8 Å². The van der Waals surface area contributed by atoms with E-state index in [1.807, 2.05) is 0 Å². The second-order valence-electron chi connectivity index (χ2n) is 12.8. The van der Waals surface area contributed by atoms with Crippen LogP contribution >= 0.6 is 0 Å². The minimum Gasteiger partial charge on any atom is -0.674 e. The molecule has 0 bridgehead atoms. The summed E-state index contributed by atoms with van der Waals surface area (Å²) >= 11 is 0. The maximum Gasteiger partial charge on any atom is 0.115 e. The zero-order valence-corrected chi connectivity index (χ0v) is 32.8. The second kappa shape index (κ2) is 14.9. The topological polar surface area (TPSA) is 54.0 Å². The second-order valence-corrected chi connectivity index (χ2v) is 12.8. The average molecular weight is 783 g/mol. The molecule has 3 aromatic rings. The van der Waals surface area contributed by atoms with Crippen molar-refractivity contribution in [2.75, 3.05) is 0 Å². The van der Waals surface area contributed by atoms with Crippen molar-refractivity contribution < 1.29 is 52.0 Å². The Balaban J connectivity index is 0.00000400. The molecular weight excluding hydrogens is 734 g/mol. The molecule has 1 aromatic heterocycles. The molecule has 1 heterocycles. The first kappa shape index (κ1) is 36.9. The zero-order chi connectivity index (χ0) is 28.4. The van der Waals surface area contributed by atoms with Gasteiger partial charge >= 0.3 is 0 Å². The first-order valence-electron chi connectivity index (χ1n) is 14.2. The normalized spacial score (nSPS) is 12.0. The minimum atomic E-state index is -0.526. The van der Waals surface area contributed by atoms with Gasteiger partial charge in [-0.1, -0.05) is 153 Å². The van der Waals surface area contributed by atoms with Gasteiger partial charge in [-0.15, -0.1) is 11.4 Å². The van der Waals surface area contributed by atoms with Crippen LogP contribution in [0, 0.1) is 0 Å². The Bertz CT molecular complexity index is 1100. The summed E-state index contributed by atoms with van der Waals surface area (Å²) in [6.45, 7) is 26.5. The Kier molecular flexibility index (Phi) is 13.7. The number of rotatable bonds is 10. The van der Waals surface area contributed by atoms with E-state index in [9.17, 15) is 0 Å². The van der Waals surface area contributed by atoms with Crippen LogP contribution in [0.25, 0.3) is 10.6 Å². The summed E-state index contributed by atoms with van der Waals surface area (Å²) in [6, 6.07) is 15.2. The first-order chi connectivity index (χ1) is 17.7. The van der Waals surface area contributed by atoms with Gasteiger partial charge < -0.3 is 10.6 Å². The van der Waals surface area contributed by atoms with Crippen molar-refractivity contribution >= 4 is 11.4 Å². The van der Waals surface area contributed by atoms with Gasteiger partial charge in [-0.25, -0.2) is 9.97 Å². The Morgan fingerprint density at radius 3 is 1.07 bits per heavy atom. The number of aromatic nitrogens is 2. The first-order valence-corrected chi connectivity index (χ1v) is 14.2. The maximum absolute atomic E-state index is 5.36. The van der Waals surface area contributed by atoms with Gasteiger partial charge in [0.2, 0.25) is 0 Å². The van der Waals surface area contributed by atoms with Crippen LogP contribution in [-0.2, 0) is 63.1 Å². The summed E-state index contributed by atoms with van der Waals surface area (Å²) in [4.78, 5) is 9.44. The fraction of sp³-hybridized carbons (Fsp3) is 0.529. The van der Waals surface area contributed by atoms with E-state index < -0.39 is 11.1 Å². The van der Waals surface area contributed by atoms with Crippen molar-refractivity contribution in [2.45, 2.75) is 118 Å². The fourth-order valence-electron chi connectivity index (χ4n) is 4.98. The Morgan fingerprint density at radius 2 is 0.825 bits per heavy atom. The zero-order valence-electron chi connectivity index (χ0n) is 26.7. The molecule has 0 aliphatic heterocycles. The summed E-state index contributed by atoms with van der Waals surface area (Å²) in [6.07, 6.45) is 1.68. The molecule has 0 saturated carbocycles. The summed E-state index contributed by atoms with van der Waals surface area (Å²) in [7, 11) is 0. The molecule has 40 heavy (non-hydrogen) atoms. The summed E-state index contributed by atoms with van der Waals surface area (Å²) < 4.78 is 0. The number of nitrogens with zero attached hydrogens (tertiary/aromatic N) is 4. The van der Waals surface area contributed by atoms with Crippen molar-refractivity contribution in [2.24, 2.45) is 0 Å². The minimum absolute atomic E-state index is 0. The third kappa shape index (κ3) is 8.46. The van der Waals surface area contributed by atoms with Gasteiger partial charge in [0.05, 0.1) is 0 Å². The van der Waals surface area contributed by atoms with Crippen molar-refractivity contribution in [3.63, 3.8) is 0 Å². The number of para-hydroxylation sites is 2. The third-order valence-corrected chi connectivity index (χ3v) is 7.39. The molecule has 0 aliphatic rings. The molecule has 6 heteroatoms. The van der Waals surface area contributed by atoms with Crippen molar-refractivity contribution in [1.29, 1.82) is 0 Å². The van der Waals surface area contributed by atoms with Crippen LogP contribution in [0.4, 0.5) is 11.4 Å². The maximum atomic E-state index is 5.36. The van der Waals surface area contributed by atoms with Crippen LogP contribution in [0.5, 0.6) is 0 Å². The molecule has 4 nitrogen and oxygen atoms in total. The summed E-state index contributed by atoms with van der Waals surface area (Å²) in [5.74, 6) is 1.55. The summed E-state index contributed by atoms with van der Waals surface area (Å²) in [5, 5.41) is 10.7. The fourth-order valence-corrected chi connectivity index (χ4v) is 4.98. The van der Waals surface area contributed by atoms with Gasteiger partial charge in [-0.3, -0.25) is 0 Å². The SMILES string of the molecule is CC(C)c1cccc(C(C)C)c1[N-]C(C)(C)c1cc(C(C)(C)[N-]c2c(C(C)C)cccc2C(C)C)ncn1.[Hf].[Zr]. The molecule has 0 saturated heterocycles. The predicted octanol–water partition coefficient (Wildman–Crippen LogP) is 10.8. The molecular formula is C34H48HfN4Zr-2. The van der Waals surface area contributed by atoms with E-state index in [1.165, 1.54) is 22.3 Å². The van der Waals surface area contributed by atoms with E-state index in [4.69, 9.17) is 20.6 Å². The van der Waals surface area contributed by atoms with Crippen LogP contribution in [0.15, 0.2) is 48.8 Å². The van der Waals surface area contributed by atoms with Crippen LogP contribution < -0.4 is 0 Å². The van der Waals surface area contributed by atoms with Crippen molar-refractivity contribution in [1.82, 2.24) is 9.97 Å². The number of hydrogen-bond acceptors (Lipinski definition) is 2. The van der Waals surface area contributed by atoms with E-state index in [0.29, 0.717) is 23.7 Å². The van der Waals surface area contributed by atoms with Gasteiger partial charge in [0.1, 0.15) is 6.33 Å². The quantitative estimate of drug-likeness (QED) is 0.192. The predicted molar refractivity (Wildman–Crippen MR) is 163 cm³/mol. The van der Waals surface area contributed by atoms with Gasteiger partial charge in [-0.05, 0) is 29.7 Å². The molecule has 0 radical (unpaired) electrons. The van der Waals surface area contributed by atoms with Crippen LogP contribution in [0.2, 0.25) is 0 Å². The Labute approximate surface area is 282 Å². The van der Waals surface area contributed by atoms with E-state index in [-0.39, 0.29) is 52.0 Å². The Morgan fingerprint density at radius 1 is 0.550 bits per heavy atom. The van der Waals surface area contributed by atoms with E-state index >= 15 is 0 Å². The molecule has 0 N–H and O–H groups in total. The molecule has 0 spiro atoms. The molecule has 0 unspecified atom stereocenters. The standard InChI is InChI=1S/C34H48N4.Hf.Zr/c1-21(2)25-15-13-16-26(22(3)4)31(25)37-33(9,10)29-19-30(36-20-35-29)34(11,12)38-32-27(23(5)6)17-14-18-28(32)24(7)8;;/h13-24H,1-12H3;;/q-2;;. The Hall–Kier alpha value is -1.13. The summed E-state index contributed by atoms with van der Waals surface area (Å²) in [5.41, 5.74) is 8.06. The van der Waals surface area contributed by atoms with E-state index in [2.05, 4.69) is 126 Å². The van der Waals surface area contributed by atoms with Gasteiger partial charge in [0.25, 0.3) is 0 Å². The van der Waals surface area contributed by atoms with Crippen molar-refractivity contribution in [3.8, 4) is 0 Å². The van der Waals surface area contributed by atoms with E-state index in [1.54, 1.807) is 6.33 Å². The molecule has 2 aromatic carbocycles. The van der Waals surface area contributed by atoms with Gasteiger partial charge in [0, 0.05) is 63.4 Å². The average Bonchev–Trinajstić information content (AvgIpc) is 2.83. The molecule has 0 atom stereocenters. The smallest absolute Gasteiger partial charge is 0.115 e. The molecule has 0 aliphatic carbocycles. The molecule has 0 amide bonds. The molecule has 214 valence electrons. The van der Waals surface area contributed by atoms with Gasteiger partial charge in [0.15, 0.2) is 0 Å². The number of hydrogen-bond donors (Lipinski definition) is 0. The largest absolute Gasteiger partial charge is 0.674 e. The molecule has 3 rings (SSSR count). The monoisotopic (exact) mass is 782 g/mol. The number of benzene rings is 2. The van der Waals surface area contributed by atoms with Crippen LogP contribution in [-0.4, -0.2) is 9.97 Å². The van der Waals surface area contributed by atoms with Crippen LogP contribution in [0.3, 0.4) is 0 Å². The van der Waals surface area contributed by atoms with Gasteiger partial charge in [-0.2, -0.15) is 0 Å².